The molecule has 0 spiro atoms. The minimum Gasteiger partial charge on any atom is -0.494 e. The van der Waals surface area contributed by atoms with Crippen molar-refractivity contribution in [2.45, 2.75) is 25.8 Å². The molecule has 0 fully saturated rings. The van der Waals surface area contributed by atoms with Gasteiger partial charge in [-0.3, -0.25) is 0 Å². The molecule has 2 aromatic carbocycles. The molecule has 1 N–H and O–H groups in total. The molecule has 0 amide bonds. The predicted molar refractivity (Wildman–Crippen MR) is 89.2 cm³/mol. The molecular weight excluding hydrogens is 282 g/mol. The molecule has 112 valence electrons. The predicted octanol–water partition coefficient (Wildman–Crippen LogP) is 4.33. The number of benzene rings is 2. The van der Waals surface area contributed by atoms with E-state index in [4.69, 9.17) is 16.3 Å². The average Bonchev–Trinajstić information content (AvgIpc) is 2.51. The van der Waals surface area contributed by atoms with Crippen LogP contribution in [-0.4, -0.2) is 19.2 Å². The van der Waals surface area contributed by atoms with Crippen LogP contribution in [0.15, 0.2) is 54.6 Å². The van der Waals surface area contributed by atoms with Gasteiger partial charge in [-0.2, -0.15) is 0 Å². The Morgan fingerprint density at radius 1 is 1.05 bits per heavy atom. The summed E-state index contributed by atoms with van der Waals surface area (Å²) >= 11 is 5.93. The first-order valence-corrected chi connectivity index (χ1v) is 7.81. The van der Waals surface area contributed by atoms with Crippen LogP contribution in [0, 0.1) is 0 Å². The van der Waals surface area contributed by atoms with E-state index in [9.17, 15) is 0 Å². The van der Waals surface area contributed by atoms with E-state index in [-0.39, 0.29) is 0 Å². The zero-order chi connectivity index (χ0) is 14.9. The summed E-state index contributed by atoms with van der Waals surface area (Å²) in [6, 6.07) is 18.4. The van der Waals surface area contributed by atoms with Crippen molar-refractivity contribution in [2.24, 2.45) is 0 Å². The maximum absolute atomic E-state index is 5.93. The van der Waals surface area contributed by atoms with Gasteiger partial charge in [-0.05, 0) is 49.2 Å². The van der Waals surface area contributed by atoms with Crippen LogP contribution in [-0.2, 0) is 6.42 Å². The van der Waals surface area contributed by atoms with Crippen LogP contribution in [0.3, 0.4) is 0 Å². The number of ether oxygens (including phenoxy) is 1. The van der Waals surface area contributed by atoms with Gasteiger partial charge in [-0.1, -0.05) is 48.9 Å². The monoisotopic (exact) mass is 303 g/mol. The van der Waals surface area contributed by atoms with Crippen LogP contribution >= 0.6 is 11.6 Å². The minimum atomic E-state index is 0.417. The Morgan fingerprint density at radius 2 is 1.76 bits per heavy atom. The van der Waals surface area contributed by atoms with Crippen LogP contribution < -0.4 is 10.1 Å². The fourth-order valence-electron chi connectivity index (χ4n) is 2.31. The smallest absolute Gasteiger partial charge is 0.119 e. The lowest BCUT2D eigenvalue weighted by molar-refractivity contribution is 0.285. The van der Waals surface area contributed by atoms with Crippen LogP contribution in [0.4, 0.5) is 0 Å². The van der Waals surface area contributed by atoms with Gasteiger partial charge in [0.2, 0.25) is 0 Å². The lowest BCUT2D eigenvalue weighted by atomic mass is 10.0. The Hall–Kier alpha value is -1.51. The first kappa shape index (κ1) is 15.9. The molecule has 1 atom stereocenters. The van der Waals surface area contributed by atoms with E-state index >= 15 is 0 Å². The summed E-state index contributed by atoms with van der Waals surface area (Å²) in [6.07, 6.45) is 1.97. The van der Waals surface area contributed by atoms with Gasteiger partial charge in [0.1, 0.15) is 5.75 Å². The number of hydrogen-bond acceptors (Lipinski definition) is 2. The molecule has 0 aliphatic rings. The summed E-state index contributed by atoms with van der Waals surface area (Å²) in [4.78, 5) is 0. The summed E-state index contributed by atoms with van der Waals surface area (Å²) in [5.41, 5.74) is 1.30. The third kappa shape index (κ3) is 5.78. The molecule has 21 heavy (non-hydrogen) atoms. The van der Waals surface area contributed by atoms with Gasteiger partial charge in [0.15, 0.2) is 0 Å². The lowest BCUT2D eigenvalue weighted by Crippen LogP contribution is -2.32. The molecule has 2 rings (SSSR count). The van der Waals surface area contributed by atoms with Gasteiger partial charge in [-0.25, -0.2) is 0 Å². The van der Waals surface area contributed by atoms with E-state index in [0.717, 1.165) is 36.8 Å². The fourth-order valence-corrected chi connectivity index (χ4v) is 2.43. The van der Waals surface area contributed by atoms with Crippen molar-refractivity contribution in [1.82, 2.24) is 5.32 Å². The number of rotatable bonds is 8. The second kappa shape index (κ2) is 8.71. The van der Waals surface area contributed by atoms with Crippen LogP contribution in [0.2, 0.25) is 5.02 Å². The Bertz CT molecular complexity index is 513. The molecule has 0 aliphatic heterocycles. The highest BCUT2D eigenvalue weighted by molar-refractivity contribution is 6.30. The molecule has 2 nitrogen and oxygen atoms in total. The van der Waals surface area contributed by atoms with Gasteiger partial charge >= 0.3 is 0 Å². The Morgan fingerprint density at radius 3 is 2.43 bits per heavy atom. The van der Waals surface area contributed by atoms with Gasteiger partial charge < -0.3 is 10.1 Å². The van der Waals surface area contributed by atoms with E-state index < -0.39 is 0 Å². The SMILES string of the molecule is CCNC(CCOc1ccccc1)Cc1ccc(Cl)cc1. The molecule has 0 radical (unpaired) electrons. The minimum absolute atomic E-state index is 0.417. The highest BCUT2D eigenvalue weighted by atomic mass is 35.5. The third-order valence-electron chi connectivity index (χ3n) is 3.37. The van der Waals surface area contributed by atoms with Crippen molar-refractivity contribution in [1.29, 1.82) is 0 Å². The average molecular weight is 304 g/mol. The molecular formula is C18H22ClNO. The maximum atomic E-state index is 5.93. The Balaban J connectivity index is 1.82. The topological polar surface area (TPSA) is 21.3 Å². The zero-order valence-electron chi connectivity index (χ0n) is 12.4. The molecule has 0 saturated carbocycles. The maximum Gasteiger partial charge on any atom is 0.119 e. The summed E-state index contributed by atoms with van der Waals surface area (Å²) in [5.74, 6) is 0.930. The van der Waals surface area contributed by atoms with Crippen LogP contribution in [0.25, 0.3) is 0 Å². The van der Waals surface area contributed by atoms with E-state index in [1.165, 1.54) is 5.56 Å². The molecule has 2 aromatic rings. The largest absolute Gasteiger partial charge is 0.494 e. The van der Waals surface area contributed by atoms with Gasteiger partial charge in [0.25, 0.3) is 0 Å². The number of likely N-dealkylation sites (N-methyl/N-ethyl adjacent to an activating group) is 1. The van der Waals surface area contributed by atoms with Crippen molar-refractivity contribution < 1.29 is 4.74 Å². The second-order valence-electron chi connectivity index (χ2n) is 5.04. The number of halogens is 1. The van der Waals surface area contributed by atoms with E-state index in [0.29, 0.717) is 6.04 Å². The third-order valence-corrected chi connectivity index (χ3v) is 3.62. The number of para-hydroxylation sites is 1. The van der Waals surface area contributed by atoms with Crippen molar-refractivity contribution in [3.05, 3.63) is 65.2 Å². The number of hydrogen-bond donors (Lipinski definition) is 1. The molecule has 0 bridgehead atoms. The zero-order valence-corrected chi connectivity index (χ0v) is 13.1. The highest BCUT2D eigenvalue weighted by Crippen LogP contribution is 2.13. The molecule has 0 saturated heterocycles. The van der Waals surface area contributed by atoms with Crippen molar-refractivity contribution in [3.63, 3.8) is 0 Å². The Kier molecular flexibility index (Phi) is 6.58. The molecule has 0 aliphatic carbocycles. The van der Waals surface area contributed by atoms with E-state index in [1.807, 2.05) is 42.5 Å². The summed E-state index contributed by atoms with van der Waals surface area (Å²) in [6.45, 7) is 3.81. The second-order valence-corrected chi connectivity index (χ2v) is 5.47. The summed E-state index contributed by atoms with van der Waals surface area (Å²) in [7, 11) is 0. The summed E-state index contributed by atoms with van der Waals surface area (Å²) in [5, 5.41) is 4.30. The van der Waals surface area contributed by atoms with Crippen molar-refractivity contribution in [3.8, 4) is 5.75 Å². The standard InChI is InChI=1S/C18H22ClNO/c1-2-20-17(14-15-8-10-16(19)11-9-15)12-13-21-18-6-4-3-5-7-18/h3-11,17,20H,2,12-14H2,1H3. The first-order valence-electron chi connectivity index (χ1n) is 7.43. The van der Waals surface area contributed by atoms with Crippen molar-refractivity contribution >= 4 is 11.6 Å². The normalized spacial score (nSPS) is 12.1. The quantitative estimate of drug-likeness (QED) is 0.784. The van der Waals surface area contributed by atoms with Gasteiger partial charge in [-0.15, -0.1) is 0 Å². The van der Waals surface area contributed by atoms with E-state index in [2.05, 4.69) is 24.4 Å². The fraction of sp³-hybridized carbons (Fsp3) is 0.333. The van der Waals surface area contributed by atoms with E-state index in [1.54, 1.807) is 0 Å². The molecule has 1 unspecified atom stereocenters. The molecule has 0 aromatic heterocycles. The van der Waals surface area contributed by atoms with Gasteiger partial charge in [0.05, 0.1) is 6.61 Å². The molecule has 0 heterocycles. The van der Waals surface area contributed by atoms with Crippen LogP contribution in [0.5, 0.6) is 5.75 Å². The number of nitrogens with one attached hydrogen (secondary N) is 1. The first-order chi connectivity index (χ1) is 10.3. The van der Waals surface area contributed by atoms with Gasteiger partial charge in [0, 0.05) is 11.1 Å². The Labute approximate surface area is 132 Å². The highest BCUT2D eigenvalue weighted by Gasteiger charge is 2.09. The van der Waals surface area contributed by atoms with Crippen LogP contribution in [0.1, 0.15) is 18.9 Å². The molecule has 3 heteroatoms. The lowest BCUT2D eigenvalue weighted by Gasteiger charge is -2.18. The summed E-state index contributed by atoms with van der Waals surface area (Å²) < 4.78 is 5.78. The van der Waals surface area contributed by atoms with Crippen molar-refractivity contribution in [2.75, 3.05) is 13.2 Å².